The van der Waals surface area contributed by atoms with Crippen molar-refractivity contribution in [3.63, 3.8) is 0 Å². The quantitative estimate of drug-likeness (QED) is 0.389. The molecule has 0 fully saturated rings. The Morgan fingerprint density at radius 3 is 2.53 bits per heavy atom. The van der Waals surface area contributed by atoms with Crippen LogP contribution in [0.1, 0.15) is 21.6 Å². The zero-order valence-electron chi connectivity index (χ0n) is 17.2. The summed E-state index contributed by atoms with van der Waals surface area (Å²) >= 11 is 1.47. The predicted octanol–water partition coefficient (Wildman–Crippen LogP) is 2.16. The highest BCUT2D eigenvalue weighted by atomic mass is 32.1. The van der Waals surface area contributed by atoms with Gasteiger partial charge in [-0.1, -0.05) is 24.3 Å². The topological polar surface area (TPSA) is 131 Å². The first-order valence-electron chi connectivity index (χ1n) is 9.80. The fourth-order valence-corrected chi connectivity index (χ4v) is 3.98. The maximum Gasteiger partial charge on any atom is 0.313 e. The number of anilines is 1. The highest BCUT2D eigenvalue weighted by Crippen LogP contribution is 2.23. The summed E-state index contributed by atoms with van der Waals surface area (Å²) in [6, 6.07) is 13.9. The smallest absolute Gasteiger partial charge is 0.313 e. The fourth-order valence-electron chi connectivity index (χ4n) is 3.12. The zero-order chi connectivity index (χ0) is 22.7. The molecule has 2 aromatic heterocycles. The van der Waals surface area contributed by atoms with Gasteiger partial charge in [0.05, 0.1) is 5.69 Å². The highest BCUT2D eigenvalue weighted by Gasteiger charge is 2.16. The minimum Gasteiger partial charge on any atom is -0.366 e. The van der Waals surface area contributed by atoms with Gasteiger partial charge in [0.25, 0.3) is 0 Å². The lowest BCUT2D eigenvalue weighted by atomic mass is 10.1. The summed E-state index contributed by atoms with van der Waals surface area (Å²) < 4.78 is 1.76. The fraction of sp³-hybridized carbons (Fsp3) is 0.136. The maximum atomic E-state index is 12.1. The normalized spacial score (nSPS) is 10.8. The van der Waals surface area contributed by atoms with Crippen LogP contribution in [-0.2, 0) is 16.0 Å². The van der Waals surface area contributed by atoms with Crippen molar-refractivity contribution in [1.29, 1.82) is 0 Å². The number of hydrogen-bond acceptors (Lipinski definition) is 6. The molecule has 9 nitrogen and oxygen atoms in total. The zero-order valence-corrected chi connectivity index (χ0v) is 18.0. The second kappa shape index (κ2) is 8.98. The third kappa shape index (κ3) is 4.49. The number of aromatic nitrogens is 3. The minimum absolute atomic E-state index is 0.262. The van der Waals surface area contributed by atoms with Crippen molar-refractivity contribution in [2.75, 3.05) is 11.9 Å². The van der Waals surface area contributed by atoms with Crippen molar-refractivity contribution in [2.24, 2.45) is 5.73 Å². The number of rotatable bonds is 6. The lowest BCUT2D eigenvalue weighted by Gasteiger charge is -2.06. The Bertz CT molecular complexity index is 1310. The number of carbonyl (C=O) groups excluding carboxylic acids is 3. The van der Waals surface area contributed by atoms with E-state index in [-0.39, 0.29) is 6.54 Å². The van der Waals surface area contributed by atoms with Crippen LogP contribution in [0.5, 0.6) is 0 Å². The summed E-state index contributed by atoms with van der Waals surface area (Å²) in [5.41, 5.74) is 8.84. The number of nitrogens with one attached hydrogen (secondary N) is 2. The molecule has 32 heavy (non-hydrogen) atoms. The first-order chi connectivity index (χ1) is 15.4. The second-order valence-electron chi connectivity index (χ2n) is 7.07. The van der Waals surface area contributed by atoms with Crippen molar-refractivity contribution < 1.29 is 14.4 Å². The molecule has 0 aliphatic carbocycles. The molecule has 0 aliphatic rings. The van der Waals surface area contributed by atoms with Crippen LogP contribution in [0.3, 0.4) is 0 Å². The van der Waals surface area contributed by atoms with Crippen molar-refractivity contribution in [1.82, 2.24) is 19.9 Å². The Hall–Kier alpha value is -4.05. The van der Waals surface area contributed by atoms with Crippen LogP contribution in [0.4, 0.5) is 5.69 Å². The Morgan fingerprint density at radius 2 is 1.81 bits per heavy atom. The lowest BCUT2D eigenvalue weighted by Crippen LogP contribution is -2.36. The Morgan fingerprint density at radius 1 is 1.06 bits per heavy atom. The molecule has 2 heterocycles. The van der Waals surface area contributed by atoms with Gasteiger partial charge in [-0.25, -0.2) is 4.52 Å². The molecule has 0 saturated carbocycles. The molecule has 0 aliphatic heterocycles. The molecule has 2 aromatic carbocycles. The van der Waals surface area contributed by atoms with Crippen molar-refractivity contribution >= 4 is 39.7 Å². The predicted molar refractivity (Wildman–Crippen MR) is 121 cm³/mol. The van der Waals surface area contributed by atoms with E-state index >= 15 is 0 Å². The Labute approximate surface area is 187 Å². The molecule has 4 N–H and O–H groups in total. The summed E-state index contributed by atoms with van der Waals surface area (Å²) in [6.45, 7) is 2.27. The highest BCUT2D eigenvalue weighted by molar-refractivity contribution is 7.15. The van der Waals surface area contributed by atoms with Gasteiger partial charge < -0.3 is 16.4 Å². The molecule has 162 valence electrons. The number of aryl methyl sites for hydroxylation is 1. The first-order valence-corrected chi connectivity index (χ1v) is 10.7. The van der Waals surface area contributed by atoms with E-state index in [1.54, 1.807) is 4.52 Å². The number of nitrogens with two attached hydrogens (primary N) is 1. The van der Waals surface area contributed by atoms with Gasteiger partial charge in [0.15, 0.2) is 5.82 Å². The summed E-state index contributed by atoms with van der Waals surface area (Å²) in [5.74, 6) is -1.46. The van der Waals surface area contributed by atoms with Gasteiger partial charge in [0.2, 0.25) is 10.9 Å². The average molecular weight is 449 g/mol. The number of fused-ring (bicyclic) bond motifs is 1. The van der Waals surface area contributed by atoms with E-state index in [9.17, 15) is 14.4 Å². The number of carbonyl (C=O) groups is 3. The van der Waals surface area contributed by atoms with Crippen LogP contribution in [-0.4, -0.2) is 38.9 Å². The summed E-state index contributed by atoms with van der Waals surface area (Å²) in [7, 11) is 0. The van der Waals surface area contributed by atoms with Gasteiger partial charge in [-0.2, -0.15) is 4.98 Å². The van der Waals surface area contributed by atoms with Crippen molar-refractivity contribution in [2.45, 2.75) is 13.3 Å². The maximum absolute atomic E-state index is 12.1. The van der Waals surface area contributed by atoms with Crippen LogP contribution >= 0.6 is 11.3 Å². The van der Waals surface area contributed by atoms with Crippen LogP contribution in [0.15, 0.2) is 53.9 Å². The molecule has 0 atom stereocenters. The van der Waals surface area contributed by atoms with Crippen molar-refractivity contribution in [3.8, 4) is 11.4 Å². The van der Waals surface area contributed by atoms with Crippen LogP contribution < -0.4 is 16.4 Å². The molecular weight excluding hydrogens is 428 g/mol. The van der Waals surface area contributed by atoms with Gasteiger partial charge in [0, 0.05) is 35.2 Å². The minimum atomic E-state index is -0.796. The van der Waals surface area contributed by atoms with E-state index < -0.39 is 17.7 Å². The molecule has 0 radical (unpaired) electrons. The van der Waals surface area contributed by atoms with E-state index in [4.69, 9.17) is 5.73 Å². The lowest BCUT2D eigenvalue weighted by molar-refractivity contribution is -0.136. The van der Waals surface area contributed by atoms with Crippen LogP contribution in [0.25, 0.3) is 16.3 Å². The molecule has 0 unspecified atom stereocenters. The number of primary amides is 1. The van der Waals surface area contributed by atoms with Gasteiger partial charge in [0.1, 0.15) is 0 Å². The molecule has 10 heteroatoms. The molecule has 0 spiro atoms. The standard InChI is InChI=1S/C22H20N6O3S/c1-13-4-2-3-5-17(13)19-26-22-28(27-19)16(12-32-22)10-11-24-20(30)21(31)25-15-8-6-14(7-9-15)18(23)29/h2-9,12H,10-11H2,1H3,(H2,23,29)(H,24,30)(H,25,31). The van der Waals surface area contributed by atoms with Crippen molar-refractivity contribution in [3.05, 3.63) is 70.7 Å². The summed E-state index contributed by atoms with van der Waals surface area (Å²) in [6.07, 6.45) is 0.489. The number of amides is 3. The number of benzene rings is 2. The van der Waals surface area contributed by atoms with E-state index in [0.29, 0.717) is 23.5 Å². The number of thiazole rings is 1. The summed E-state index contributed by atoms with van der Waals surface area (Å²) in [5, 5.41) is 11.6. The average Bonchev–Trinajstić information content (AvgIpc) is 3.36. The van der Waals surface area contributed by atoms with E-state index in [1.165, 1.54) is 35.6 Å². The Balaban J connectivity index is 1.34. The second-order valence-corrected chi connectivity index (χ2v) is 7.91. The van der Waals surface area contributed by atoms with Gasteiger partial charge in [-0.05, 0) is 36.8 Å². The van der Waals surface area contributed by atoms with E-state index in [0.717, 1.165) is 21.8 Å². The monoisotopic (exact) mass is 448 g/mol. The molecule has 4 rings (SSSR count). The van der Waals surface area contributed by atoms with E-state index in [2.05, 4.69) is 20.7 Å². The van der Waals surface area contributed by atoms with Gasteiger partial charge >= 0.3 is 11.8 Å². The van der Waals surface area contributed by atoms with Gasteiger partial charge in [-0.15, -0.1) is 16.4 Å². The first kappa shape index (κ1) is 21.2. The number of nitrogens with zero attached hydrogens (tertiary/aromatic N) is 3. The summed E-state index contributed by atoms with van der Waals surface area (Å²) in [4.78, 5) is 40.6. The third-order valence-corrected chi connectivity index (χ3v) is 5.70. The third-order valence-electron chi connectivity index (χ3n) is 4.84. The number of hydrogen-bond donors (Lipinski definition) is 3. The Kier molecular flexibility index (Phi) is 5.95. The van der Waals surface area contributed by atoms with Gasteiger partial charge in [-0.3, -0.25) is 14.4 Å². The molecular formula is C22H20N6O3S. The van der Waals surface area contributed by atoms with E-state index in [1.807, 2.05) is 36.6 Å². The largest absolute Gasteiger partial charge is 0.366 e. The molecule has 3 amide bonds. The molecule has 4 aromatic rings. The van der Waals surface area contributed by atoms with Crippen LogP contribution in [0, 0.1) is 6.92 Å². The van der Waals surface area contributed by atoms with Crippen LogP contribution in [0.2, 0.25) is 0 Å². The SMILES string of the molecule is Cc1ccccc1-c1nc2scc(CCNC(=O)C(=O)Nc3ccc(C(N)=O)cc3)n2n1. The molecule has 0 bridgehead atoms. The molecule has 0 saturated heterocycles.